The molecular weight excluding hydrogens is 558 g/mol. The lowest BCUT2D eigenvalue weighted by Gasteiger charge is -2.31. The highest BCUT2D eigenvalue weighted by atomic mass is 35.5. The Kier molecular flexibility index (Phi) is 7.73. The summed E-state index contributed by atoms with van der Waals surface area (Å²) in [5.74, 6) is -0.239. The van der Waals surface area contributed by atoms with E-state index in [2.05, 4.69) is 20.7 Å². The first kappa shape index (κ1) is 27.9. The molecule has 0 spiro atoms. The van der Waals surface area contributed by atoms with Gasteiger partial charge in [0, 0.05) is 32.6 Å². The molecule has 1 atom stereocenters. The lowest BCUT2D eigenvalue weighted by atomic mass is 10.2. The topological polar surface area (TPSA) is 106 Å². The van der Waals surface area contributed by atoms with Gasteiger partial charge in [0.05, 0.1) is 22.0 Å². The zero-order valence-corrected chi connectivity index (χ0v) is 22.2. The van der Waals surface area contributed by atoms with E-state index in [1.54, 1.807) is 4.57 Å². The average molecular weight is 584 g/mol. The Morgan fingerprint density at radius 1 is 1.27 bits per heavy atom. The predicted molar refractivity (Wildman–Crippen MR) is 140 cm³/mol. The molecule has 0 saturated carbocycles. The van der Waals surface area contributed by atoms with Crippen LogP contribution >= 0.6 is 11.6 Å². The van der Waals surface area contributed by atoms with E-state index in [0.717, 1.165) is 22.7 Å². The van der Waals surface area contributed by atoms with E-state index < -0.39 is 29.4 Å². The van der Waals surface area contributed by atoms with Gasteiger partial charge in [-0.05, 0) is 30.7 Å². The maximum atomic E-state index is 13.7. The van der Waals surface area contributed by atoms with Gasteiger partial charge in [0.15, 0.2) is 5.76 Å². The van der Waals surface area contributed by atoms with Gasteiger partial charge in [-0.25, -0.2) is 4.39 Å². The molecule has 2 aliphatic heterocycles. The van der Waals surface area contributed by atoms with Crippen molar-refractivity contribution in [3.63, 3.8) is 0 Å². The van der Waals surface area contributed by atoms with E-state index in [0.29, 0.717) is 44.0 Å². The van der Waals surface area contributed by atoms with Crippen molar-refractivity contribution < 1.29 is 27.1 Å². The number of carbonyl (C=O) groups is 1. The highest BCUT2D eigenvalue weighted by Crippen LogP contribution is 2.34. The predicted octanol–water partition coefficient (Wildman–Crippen LogP) is 3.27. The molecule has 1 aromatic carbocycles. The third-order valence-electron chi connectivity index (χ3n) is 6.67. The van der Waals surface area contributed by atoms with Crippen LogP contribution in [0.4, 0.5) is 28.9 Å². The van der Waals surface area contributed by atoms with Crippen LogP contribution in [0.1, 0.15) is 30.4 Å². The molecule has 40 heavy (non-hydrogen) atoms. The van der Waals surface area contributed by atoms with E-state index in [1.165, 1.54) is 6.08 Å². The zero-order valence-electron chi connectivity index (χ0n) is 21.4. The minimum Gasteiger partial charge on any atom is -0.487 e. The standard InChI is InChI=1S/C25H26ClF4N7O3/c1-2-18-21(35-9-7-31-8-10-35)23(39)37-24(33-22(34-37)19-6-4-15(27)13-40-19)36(18)12-20(38)32-17-5-3-14(11-16(17)26)25(28,29)30/h3,5-6,11,15,31H,2,4,7-10,12-13H2,1H3,(H,32,38). The van der Waals surface area contributed by atoms with Gasteiger partial charge >= 0.3 is 6.18 Å². The molecular formula is C25H26ClF4N7O3. The van der Waals surface area contributed by atoms with Crippen LogP contribution in [-0.2, 0) is 28.7 Å². The molecule has 5 rings (SSSR count). The first-order valence-electron chi connectivity index (χ1n) is 12.7. The molecule has 4 heterocycles. The number of ether oxygens (including phenoxy) is 1. The number of hydrogen-bond acceptors (Lipinski definition) is 7. The van der Waals surface area contributed by atoms with Crippen molar-refractivity contribution in [1.29, 1.82) is 0 Å². The Labute approximate surface area is 230 Å². The fraction of sp³-hybridized carbons (Fsp3) is 0.440. The summed E-state index contributed by atoms with van der Waals surface area (Å²) in [6, 6.07) is 2.64. The first-order valence-corrected chi connectivity index (χ1v) is 13.1. The van der Waals surface area contributed by atoms with Gasteiger partial charge in [-0.3, -0.25) is 9.59 Å². The number of nitrogens with one attached hydrogen (secondary N) is 2. The van der Waals surface area contributed by atoms with Gasteiger partial charge in [0.2, 0.25) is 17.5 Å². The maximum Gasteiger partial charge on any atom is 0.416 e. The molecule has 2 aromatic heterocycles. The zero-order chi connectivity index (χ0) is 28.6. The molecule has 3 aromatic rings. The van der Waals surface area contributed by atoms with Crippen molar-refractivity contribution in [2.75, 3.05) is 43.0 Å². The number of fused-ring (bicyclic) bond motifs is 1. The molecule has 2 aliphatic rings. The quantitative estimate of drug-likeness (QED) is 0.429. The van der Waals surface area contributed by atoms with Gasteiger partial charge in [-0.1, -0.05) is 18.5 Å². The largest absolute Gasteiger partial charge is 0.487 e. The number of benzene rings is 1. The second kappa shape index (κ2) is 11.1. The lowest BCUT2D eigenvalue weighted by molar-refractivity contribution is -0.137. The van der Waals surface area contributed by atoms with Crippen LogP contribution in [0.2, 0.25) is 5.02 Å². The SMILES string of the molecule is CCc1c(N2CCNCC2)c(=O)n2nc(C3=CCC(F)CO3)nc2n1CC(=O)Nc1ccc(C(F)(F)F)cc1Cl. The Bertz CT molecular complexity index is 1530. The van der Waals surface area contributed by atoms with Crippen molar-refractivity contribution >= 4 is 40.4 Å². The number of rotatable bonds is 6. The molecule has 10 nitrogen and oxygen atoms in total. The van der Waals surface area contributed by atoms with Crippen molar-refractivity contribution in [2.24, 2.45) is 0 Å². The fourth-order valence-electron chi connectivity index (χ4n) is 4.75. The van der Waals surface area contributed by atoms with E-state index >= 15 is 0 Å². The number of amides is 1. The monoisotopic (exact) mass is 583 g/mol. The summed E-state index contributed by atoms with van der Waals surface area (Å²) in [5.41, 5.74) is -0.457. The number of piperazine rings is 1. The van der Waals surface area contributed by atoms with Crippen LogP contribution in [-0.4, -0.2) is 64.0 Å². The van der Waals surface area contributed by atoms with Crippen LogP contribution in [0.15, 0.2) is 29.1 Å². The number of allylic oxidation sites excluding steroid dienone is 1. The molecule has 1 fully saturated rings. The highest BCUT2D eigenvalue weighted by Gasteiger charge is 2.31. The number of alkyl halides is 4. The van der Waals surface area contributed by atoms with Crippen molar-refractivity contribution in [3.8, 4) is 0 Å². The summed E-state index contributed by atoms with van der Waals surface area (Å²) >= 11 is 6.03. The third-order valence-corrected chi connectivity index (χ3v) is 6.98. The van der Waals surface area contributed by atoms with Crippen LogP contribution in [0.5, 0.6) is 0 Å². The molecule has 0 bridgehead atoms. The fourth-order valence-corrected chi connectivity index (χ4v) is 4.97. The van der Waals surface area contributed by atoms with E-state index in [-0.39, 0.29) is 47.6 Å². The van der Waals surface area contributed by atoms with Crippen LogP contribution in [0.3, 0.4) is 0 Å². The first-order chi connectivity index (χ1) is 19.1. The second-order valence-corrected chi connectivity index (χ2v) is 9.78. The summed E-state index contributed by atoms with van der Waals surface area (Å²) in [6.45, 7) is 3.73. The normalized spacial score (nSPS) is 18.0. The van der Waals surface area contributed by atoms with Gasteiger partial charge in [0.25, 0.3) is 5.56 Å². The summed E-state index contributed by atoms with van der Waals surface area (Å²) in [7, 11) is 0. The van der Waals surface area contributed by atoms with Crippen molar-refractivity contribution in [2.45, 2.75) is 38.7 Å². The second-order valence-electron chi connectivity index (χ2n) is 9.38. The minimum atomic E-state index is -4.59. The summed E-state index contributed by atoms with van der Waals surface area (Å²) in [5, 5.41) is 9.85. The lowest BCUT2D eigenvalue weighted by Crippen LogP contribution is -2.47. The van der Waals surface area contributed by atoms with E-state index in [1.807, 2.05) is 11.8 Å². The molecule has 1 unspecified atom stereocenters. The number of anilines is 2. The summed E-state index contributed by atoms with van der Waals surface area (Å²) in [6.07, 6.45) is -3.76. The Hall–Kier alpha value is -3.65. The van der Waals surface area contributed by atoms with Crippen LogP contribution < -0.4 is 21.1 Å². The minimum absolute atomic E-state index is 0.000743. The molecule has 0 aliphatic carbocycles. The highest BCUT2D eigenvalue weighted by molar-refractivity contribution is 6.33. The smallest absolute Gasteiger partial charge is 0.416 e. The number of halogens is 5. The molecule has 1 amide bonds. The maximum absolute atomic E-state index is 13.7. The number of nitrogens with zero attached hydrogens (tertiary/aromatic N) is 5. The summed E-state index contributed by atoms with van der Waals surface area (Å²) < 4.78 is 60.8. The van der Waals surface area contributed by atoms with Gasteiger partial charge in [-0.15, -0.1) is 5.10 Å². The Balaban J connectivity index is 1.56. The summed E-state index contributed by atoms with van der Waals surface area (Å²) in [4.78, 5) is 33.3. The molecule has 1 saturated heterocycles. The van der Waals surface area contributed by atoms with Crippen molar-refractivity contribution in [3.05, 3.63) is 56.7 Å². The van der Waals surface area contributed by atoms with Crippen molar-refractivity contribution in [1.82, 2.24) is 24.5 Å². The average Bonchev–Trinajstić information content (AvgIpc) is 3.37. The number of hydrogen-bond donors (Lipinski definition) is 2. The van der Waals surface area contributed by atoms with Crippen LogP contribution in [0.25, 0.3) is 11.5 Å². The molecule has 15 heteroatoms. The molecule has 0 radical (unpaired) electrons. The van der Waals surface area contributed by atoms with E-state index in [4.69, 9.17) is 16.3 Å². The molecule has 214 valence electrons. The Morgan fingerprint density at radius 3 is 2.65 bits per heavy atom. The van der Waals surface area contributed by atoms with Crippen LogP contribution in [0, 0.1) is 0 Å². The van der Waals surface area contributed by atoms with E-state index in [9.17, 15) is 27.2 Å². The van der Waals surface area contributed by atoms with Gasteiger partial charge < -0.3 is 24.8 Å². The number of carbonyl (C=O) groups excluding carboxylic acids is 1. The third kappa shape index (κ3) is 5.50. The van der Waals surface area contributed by atoms with Gasteiger partial charge in [-0.2, -0.15) is 22.7 Å². The number of aromatic nitrogens is 4. The Morgan fingerprint density at radius 2 is 2.02 bits per heavy atom. The molecule has 2 N–H and O–H groups in total. The van der Waals surface area contributed by atoms with Gasteiger partial charge in [0.1, 0.15) is 25.0 Å².